The molecule has 0 atom stereocenters. The summed E-state index contributed by atoms with van der Waals surface area (Å²) in [5, 5.41) is 11.2. The quantitative estimate of drug-likeness (QED) is 0.802. The second-order valence-electron chi connectivity index (χ2n) is 2.99. The van der Waals surface area contributed by atoms with E-state index in [2.05, 4.69) is 5.32 Å². The van der Waals surface area contributed by atoms with Gasteiger partial charge in [-0.2, -0.15) is 0 Å². The molecule has 0 saturated carbocycles. The van der Waals surface area contributed by atoms with E-state index in [9.17, 15) is 4.79 Å². The van der Waals surface area contributed by atoms with Crippen LogP contribution in [-0.4, -0.2) is 17.6 Å². The Kier molecular flexibility index (Phi) is 5.92. The van der Waals surface area contributed by atoms with Gasteiger partial charge in [0.15, 0.2) is 0 Å². The number of nitrogens with one attached hydrogen (secondary N) is 1. The van der Waals surface area contributed by atoms with Gasteiger partial charge in [-0.1, -0.05) is 29.8 Å². The third kappa shape index (κ3) is 4.84. The van der Waals surface area contributed by atoms with E-state index < -0.39 is 5.97 Å². The maximum Gasteiger partial charge on any atom is 0.317 e. The summed E-state index contributed by atoms with van der Waals surface area (Å²) in [4.78, 5) is 10.2. The van der Waals surface area contributed by atoms with E-state index in [-0.39, 0.29) is 19.0 Å². The van der Waals surface area contributed by atoms with Crippen molar-refractivity contribution in [2.75, 3.05) is 6.54 Å². The molecule has 14 heavy (non-hydrogen) atoms. The maximum absolute atomic E-state index is 10.2. The topological polar surface area (TPSA) is 49.3 Å². The molecule has 0 aromatic heterocycles. The van der Waals surface area contributed by atoms with Gasteiger partial charge in [-0.25, -0.2) is 0 Å². The molecule has 4 heteroatoms. The molecule has 1 aromatic carbocycles. The van der Waals surface area contributed by atoms with Crippen molar-refractivity contribution in [2.24, 2.45) is 0 Å². The van der Waals surface area contributed by atoms with Crippen LogP contribution in [0.3, 0.4) is 0 Å². The van der Waals surface area contributed by atoms with Gasteiger partial charge in [0, 0.05) is 6.54 Å². The third-order valence-corrected chi connectivity index (χ3v) is 1.69. The highest BCUT2D eigenvalue weighted by molar-refractivity contribution is 5.85. The van der Waals surface area contributed by atoms with Gasteiger partial charge in [0.05, 0.1) is 6.54 Å². The Morgan fingerprint density at radius 1 is 1.50 bits per heavy atom. The molecule has 0 radical (unpaired) electrons. The van der Waals surface area contributed by atoms with Crippen LogP contribution in [-0.2, 0) is 11.3 Å². The monoisotopic (exact) mass is 215 g/mol. The molecule has 0 saturated heterocycles. The Hall–Kier alpha value is -1.06. The summed E-state index contributed by atoms with van der Waals surface area (Å²) in [6, 6.07) is 7.99. The van der Waals surface area contributed by atoms with E-state index in [1.807, 2.05) is 31.2 Å². The summed E-state index contributed by atoms with van der Waals surface area (Å²) in [5.74, 6) is -0.826. The van der Waals surface area contributed by atoms with Gasteiger partial charge in [0.1, 0.15) is 0 Å². The first-order chi connectivity index (χ1) is 6.18. The average molecular weight is 216 g/mol. The van der Waals surface area contributed by atoms with Crippen LogP contribution in [0.25, 0.3) is 0 Å². The molecule has 2 N–H and O–H groups in total. The number of benzene rings is 1. The van der Waals surface area contributed by atoms with Crippen LogP contribution < -0.4 is 5.32 Å². The van der Waals surface area contributed by atoms with Gasteiger partial charge >= 0.3 is 5.97 Å². The Bertz CT molecular complexity index is 302. The molecule has 0 aliphatic carbocycles. The predicted molar refractivity (Wildman–Crippen MR) is 57.8 cm³/mol. The fourth-order valence-electron chi connectivity index (χ4n) is 1.14. The van der Waals surface area contributed by atoms with E-state index in [1.54, 1.807) is 0 Å². The first-order valence-electron chi connectivity index (χ1n) is 4.16. The number of carbonyl (C=O) groups is 1. The molecule has 3 nitrogen and oxygen atoms in total. The van der Waals surface area contributed by atoms with Gasteiger partial charge in [0.25, 0.3) is 0 Å². The lowest BCUT2D eigenvalue weighted by Gasteiger charge is -2.02. The number of carboxylic acids is 1. The molecule has 0 unspecified atom stereocenters. The number of hydrogen-bond donors (Lipinski definition) is 2. The third-order valence-electron chi connectivity index (χ3n) is 1.69. The Morgan fingerprint density at radius 2 is 2.21 bits per heavy atom. The van der Waals surface area contributed by atoms with Gasteiger partial charge in [-0.05, 0) is 12.5 Å². The van der Waals surface area contributed by atoms with Gasteiger partial charge in [0.2, 0.25) is 0 Å². The number of aliphatic carboxylic acids is 1. The minimum absolute atomic E-state index is 0. The van der Waals surface area contributed by atoms with Crippen molar-refractivity contribution in [3.8, 4) is 0 Å². The molecule has 0 bridgehead atoms. The van der Waals surface area contributed by atoms with E-state index in [1.165, 1.54) is 5.56 Å². The summed E-state index contributed by atoms with van der Waals surface area (Å²) < 4.78 is 0. The van der Waals surface area contributed by atoms with Crippen LogP contribution in [0, 0.1) is 6.92 Å². The molecule has 0 aliphatic heterocycles. The van der Waals surface area contributed by atoms with Crippen molar-refractivity contribution in [1.82, 2.24) is 5.32 Å². The van der Waals surface area contributed by atoms with Gasteiger partial charge in [-0.3, -0.25) is 4.79 Å². The van der Waals surface area contributed by atoms with Crippen molar-refractivity contribution < 1.29 is 9.90 Å². The first-order valence-corrected chi connectivity index (χ1v) is 4.16. The van der Waals surface area contributed by atoms with Crippen LogP contribution >= 0.6 is 12.4 Å². The van der Waals surface area contributed by atoms with Crippen molar-refractivity contribution in [3.05, 3.63) is 35.4 Å². The van der Waals surface area contributed by atoms with Crippen LogP contribution in [0.15, 0.2) is 24.3 Å². The maximum atomic E-state index is 10.2. The summed E-state index contributed by atoms with van der Waals surface area (Å²) in [5.41, 5.74) is 2.30. The smallest absolute Gasteiger partial charge is 0.317 e. The summed E-state index contributed by atoms with van der Waals surface area (Å²) >= 11 is 0. The van der Waals surface area contributed by atoms with E-state index in [0.717, 1.165) is 5.56 Å². The summed E-state index contributed by atoms with van der Waals surface area (Å²) in [7, 11) is 0. The zero-order valence-electron chi connectivity index (χ0n) is 7.99. The first kappa shape index (κ1) is 12.9. The number of carboxylic acid groups (broad SMARTS) is 1. The zero-order chi connectivity index (χ0) is 9.68. The number of aryl methyl sites for hydroxylation is 1. The van der Waals surface area contributed by atoms with E-state index in [4.69, 9.17) is 5.11 Å². The number of halogens is 1. The lowest BCUT2D eigenvalue weighted by molar-refractivity contribution is -0.135. The zero-order valence-corrected chi connectivity index (χ0v) is 8.80. The van der Waals surface area contributed by atoms with Crippen molar-refractivity contribution in [1.29, 1.82) is 0 Å². The van der Waals surface area contributed by atoms with Crippen LogP contribution in [0.1, 0.15) is 11.1 Å². The number of rotatable bonds is 4. The van der Waals surface area contributed by atoms with Crippen LogP contribution in [0.2, 0.25) is 0 Å². The minimum Gasteiger partial charge on any atom is -0.480 e. The van der Waals surface area contributed by atoms with E-state index in [0.29, 0.717) is 6.54 Å². The van der Waals surface area contributed by atoms with Crippen molar-refractivity contribution >= 4 is 18.4 Å². The van der Waals surface area contributed by atoms with Gasteiger partial charge < -0.3 is 10.4 Å². The predicted octanol–water partition coefficient (Wildman–Crippen LogP) is 1.59. The normalized spacial score (nSPS) is 9.21. The molecule has 0 spiro atoms. The molecule has 0 aliphatic rings. The van der Waals surface area contributed by atoms with E-state index >= 15 is 0 Å². The molecule has 78 valence electrons. The molecule has 1 rings (SSSR count). The SMILES string of the molecule is Cc1cccc(CNCC(=O)O)c1.Cl. The Labute approximate surface area is 89.5 Å². The van der Waals surface area contributed by atoms with Crippen LogP contribution in [0.5, 0.6) is 0 Å². The highest BCUT2D eigenvalue weighted by atomic mass is 35.5. The molecular weight excluding hydrogens is 202 g/mol. The van der Waals surface area contributed by atoms with Crippen molar-refractivity contribution in [3.63, 3.8) is 0 Å². The van der Waals surface area contributed by atoms with Crippen molar-refractivity contribution in [2.45, 2.75) is 13.5 Å². The molecule has 1 aromatic rings. The second kappa shape index (κ2) is 6.40. The lowest BCUT2D eigenvalue weighted by Crippen LogP contribution is -2.21. The fourth-order valence-corrected chi connectivity index (χ4v) is 1.14. The standard InChI is InChI=1S/C10H13NO2.ClH/c1-8-3-2-4-9(5-8)6-11-7-10(12)13;/h2-5,11H,6-7H2,1H3,(H,12,13);1H. The largest absolute Gasteiger partial charge is 0.480 e. The average Bonchev–Trinajstić information content (AvgIpc) is 2.03. The molecular formula is C10H14ClNO2. The summed E-state index contributed by atoms with van der Waals surface area (Å²) in [6.45, 7) is 2.63. The molecule has 0 amide bonds. The molecule has 0 heterocycles. The number of hydrogen-bond acceptors (Lipinski definition) is 2. The Morgan fingerprint density at radius 3 is 2.79 bits per heavy atom. The lowest BCUT2D eigenvalue weighted by atomic mass is 10.1. The fraction of sp³-hybridized carbons (Fsp3) is 0.300. The highest BCUT2D eigenvalue weighted by Gasteiger charge is 1.96. The van der Waals surface area contributed by atoms with Crippen LogP contribution in [0.4, 0.5) is 0 Å². The highest BCUT2D eigenvalue weighted by Crippen LogP contribution is 2.02. The Balaban J connectivity index is 0.00000169. The van der Waals surface area contributed by atoms with Gasteiger partial charge in [-0.15, -0.1) is 12.4 Å². The molecule has 0 fully saturated rings. The second-order valence-corrected chi connectivity index (χ2v) is 2.99. The summed E-state index contributed by atoms with van der Waals surface area (Å²) in [6.07, 6.45) is 0. The minimum atomic E-state index is -0.826.